The van der Waals surface area contributed by atoms with Crippen LogP contribution in [0.2, 0.25) is 0 Å². The fraction of sp³-hybridized carbons (Fsp3) is 0.800. The Morgan fingerprint density at radius 1 is 1.80 bits per heavy atom. The first kappa shape index (κ1) is 9.35. The fourth-order valence-corrected chi connectivity index (χ4v) is 0.332. The summed E-state index contributed by atoms with van der Waals surface area (Å²) in [5, 5.41) is 25.5. The predicted octanol–water partition coefficient (Wildman–Crippen LogP) is -1.86. The second kappa shape index (κ2) is 2.96. The van der Waals surface area contributed by atoms with Crippen molar-refractivity contribution in [3.8, 4) is 0 Å². The third-order valence-electron chi connectivity index (χ3n) is 1.33. The van der Waals surface area contributed by atoms with Crippen LogP contribution < -0.4 is 5.73 Å². The van der Waals surface area contributed by atoms with E-state index in [0.29, 0.717) is 0 Å². The van der Waals surface area contributed by atoms with Gasteiger partial charge in [-0.2, -0.15) is 0 Å². The quantitative estimate of drug-likeness (QED) is 0.377. The third-order valence-corrected chi connectivity index (χ3v) is 1.33. The second-order valence-electron chi connectivity index (χ2n) is 2.29. The highest BCUT2D eigenvalue weighted by Crippen LogP contribution is 2.05. The summed E-state index contributed by atoms with van der Waals surface area (Å²) in [6.07, 6.45) is -1.43. The molecule has 0 aliphatic carbocycles. The molecule has 0 saturated carbocycles. The molecule has 5 heteroatoms. The number of nitrogens with two attached hydrogens (primary N) is 1. The van der Waals surface area contributed by atoms with E-state index in [1.165, 1.54) is 0 Å². The van der Waals surface area contributed by atoms with Crippen LogP contribution in [0, 0.1) is 0 Å². The molecule has 10 heavy (non-hydrogen) atoms. The van der Waals surface area contributed by atoms with Gasteiger partial charge in [0.15, 0.2) is 0 Å². The van der Waals surface area contributed by atoms with E-state index in [1.807, 2.05) is 0 Å². The van der Waals surface area contributed by atoms with E-state index in [2.05, 4.69) is 0 Å². The van der Waals surface area contributed by atoms with Crippen LogP contribution in [0.1, 0.15) is 6.92 Å². The Bertz CT molecular complexity index is 134. The van der Waals surface area contributed by atoms with E-state index in [0.717, 1.165) is 6.92 Å². The molecule has 0 fully saturated rings. The average Bonchev–Trinajstić information content (AvgIpc) is 1.86. The second-order valence-corrected chi connectivity index (χ2v) is 2.29. The molecular weight excluding hydrogens is 138 g/mol. The van der Waals surface area contributed by atoms with Crippen molar-refractivity contribution in [1.82, 2.24) is 0 Å². The van der Waals surface area contributed by atoms with E-state index in [1.54, 1.807) is 0 Å². The first-order chi connectivity index (χ1) is 4.42. The van der Waals surface area contributed by atoms with E-state index in [9.17, 15) is 4.79 Å². The Labute approximate surface area is 58.1 Å². The molecule has 0 heterocycles. The molecule has 0 spiro atoms. The summed E-state index contributed by atoms with van der Waals surface area (Å²) < 4.78 is 0. The lowest BCUT2D eigenvalue weighted by atomic mass is 9.97. The molecule has 0 amide bonds. The minimum Gasteiger partial charge on any atom is -0.480 e. The van der Waals surface area contributed by atoms with E-state index in [-0.39, 0.29) is 0 Å². The summed E-state index contributed by atoms with van der Waals surface area (Å²) in [6, 6.07) is 0. The molecule has 0 aliphatic heterocycles. The van der Waals surface area contributed by atoms with Crippen molar-refractivity contribution in [2.24, 2.45) is 5.73 Å². The summed E-state index contributed by atoms with van der Waals surface area (Å²) in [5.41, 5.74) is 3.33. The van der Waals surface area contributed by atoms with Crippen LogP contribution in [-0.4, -0.2) is 39.5 Å². The molecule has 5 N–H and O–H groups in total. The highest BCUT2D eigenvalue weighted by Gasteiger charge is 2.35. The molecular formula is C5H11NO4. The van der Waals surface area contributed by atoms with Crippen LogP contribution >= 0.6 is 0 Å². The minimum absolute atomic E-state index is 0.653. The third kappa shape index (κ3) is 1.66. The maximum atomic E-state index is 10.2. The van der Waals surface area contributed by atoms with Crippen LogP contribution in [0.5, 0.6) is 0 Å². The van der Waals surface area contributed by atoms with Crippen molar-refractivity contribution < 1.29 is 20.1 Å². The zero-order chi connectivity index (χ0) is 8.36. The van der Waals surface area contributed by atoms with E-state index in [4.69, 9.17) is 21.1 Å². The lowest BCUT2D eigenvalue weighted by Gasteiger charge is -2.23. The van der Waals surface area contributed by atoms with Crippen LogP contribution in [0.15, 0.2) is 0 Å². The molecule has 60 valence electrons. The standard InChI is InChI=1S/C5H11NO4/c1-5(6,4(9)10)3(8)2-7/h3,7-8H,2,6H2,1H3,(H,9,10)/t3-,5+/m1/s1. The zero-order valence-corrected chi connectivity index (χ0v) is 5.61. The number of aliphatic carboxylic acids is 1. The van der Waals surface area contributed by atoms with Crippen molar-refractivity contribution in [1.29, 1.82) is 0 Å². The van der Waals surface area contributed by atoms with Gasteiger partial charge in [-0.25, -0.2) is 0 Å². The Kier molecular flexibility index (Phi) is 2.77. The lowest BCUT2D eigenvalue weighted by molar-refractivity contribution is -0.148. The maximum absolute atomic E-state index is 10.2. The topological polar surface area (TPSA) is 104 Å². The van der Waals surface area contributed by atoms with Gasteiger partial charge in [0.25, 0.3) is 0 Å². The summed E-state index contributed by atoms with van der Waals surface area (Å²) in [6.45, 7) is 0.482. The molecule has 0 aromatic rings. The number of aliphatic hydroxyl groups excluding tert-OH is 2. The summed E-state index contributed by atoms with van der Waals surface area (Å²) >= 11 is 0. The van der Waals surface area contributed by atoms with Crippen LogP contribution in [0.4, 0.5) is 0 Å². The van der Waals surface area contributed by atoms with Gasteiger partial charge in [0.1, 0.15) is 11.6 Å². The lowest BCUT2D eigenvalue weighted by Crippen LogP contribution is -2.56. The van der Waals surface area contributed by atoms with Crippen molar-refractivity contribution in [2.75, 3.05) is 6.61 Å². The van der Waals surface area contributed by atoms with Gasteiger partial charge in [0, 0.05) is 0 Å². The number of aliphatic hydroxyl groups is 2. The van der Waals surface area contributed by atoms with Crippen molar-refractivity contribution in [3.05, 3.63) is 0 Å². The first-order valence-corrected chi connectivity index (χ1v) is 2.74. The maximum Gasteiger partial charge on any atom is 0.326 e. The predicted molar refractivity (Wildman–Crippen MR) is 33.3 cm³/mol. The Morgan fingerprint density at radius 3 is 2.30 bits per heavy atom. The number of carboxylic acids is 1. The van der Waals surface area contributed by atoms with E-state index < -0.39 is 24.2 Å². The van der Waals surface area contributed by atoms with Crippen LogP contribution in [0.25, 0.3) is 0 Å². The van der Waals surface area contributed by atoms with Gasteiger partial charge in [0.2, 0.25) is 0 Å². The van der Waals surface area contributed by atoms with Crippen molar-refractivity contribution in [2.45, 2.75) is 18.6 Å². The number of hydrogen-bond acceptors (Lipinski definition) is 4. The normalized spacial score (nSPS) is 19.6. The summed E-state index contributed by atoms with van der Waals surface area (Å²) in [4.78, 5) is 10.2. The van der Waals surface area contributed by atoms with Gasteiger partial charge >= 0.3 is 5.97 Å². The average molecular weight is 149 g/mol. The number of carboxylic acid groups (broad SMARTS) is 1. The van der Waals surface area contributed by atoms with Gasteiger partial charge in [0.05, 0.1) is 6.61 Å². The highest BCUT2D eigenvalue weighted by molar-refractivity contribution is 5.78. The van der Waals surface area contributed by atoms with Gasteiger partial charge in [-0.05, 0) is 6.92 Å². The Hall–Kier alpha value is -0.650. The first-order valence-electron chi connectivity index (χ1n) is 2.74. The molecule has 0 rings (SSSR count). The molecule has 2 atom stereocenters. The van der Waals surface area contributed by atoms with Crippen molar-refractivity contribution in [3.63, 3.8) is 0 Å². The van der Waals surface area contributed by atoms with Gasteiger partial charge < -0.3 is 21.1 Å². The van der Waals surface area contributed by atoms with Crippen molar-refractivity contribution >= 4 is 5.97 Å². The Balaban J connectivity index is 4.23. The smallest absolute Gasteiger partial charge is 0.326 e. The molecule has 5 nitrogen and oxygen atoms in total. The molecule has 0 unspecified atom stereocenters. The molecule has 0 saturated heterocycles. The van der Waals surface area contributed by atoms with Crippen LogP contribution in [0.3, 0.4) is 0 Å². The van der Waals surface area contributed by atoms with Gasteiger partial charge in [-0.1, -0.05) is 0 Å². The molecule has 0 aromatic heterocycles. The van der Waals surface area contributed by atoms with E-state index >= 15 is 0 Å². The number of hydrogen-bond donors (Lipinski definition) is 4. The minimum atomic E-state index is -1.77. The molecule has 0 aliphatic rings. The highest BCUT2D eigenvalue weighted by atomic mass is 16.4. The fourth-order valence-electron chi connectivity index (χ4n) is 0.332. The zero-order valence-electron chi connectivity index (χ0n) is 5.61. The number of carbonyl (C=O) groups is 1. The number of rotatable bonds is 3. The van der Waals surface area contributed by atoms with Gasteiger partial charge in [-0.15, -0.1) is 0 Å². The molecule has 0 radical (unpaired) electrons. The summed E-state index contributed by atoms with van der Waals surface area (Å²) in [5.74, 6) is -1.34. The monoisotopic (exact) mass is 149 g/mol. The largest absolute Gasteiger partial charge is 0.480 e. The SMILES string of the molecule is C[C@@](N)(C(=O)O)[C@H](O)CO. The van der Waals surface area contributed by atoms with Crippen LogP contribution in [-0.2, 0) is 4.79 Å². The molecule has 0 bridgehead atoms. The molecule has 0 aromatic carbocycles. The van der Waals surface area contributed by atoms with Gasteiger partial charge in [-0.3, -0.25) is 4.79 Å². The summed E-state index contributed by atoms with van der Waals surface area (Å²) in [7, 11) is 0. The Morgan fingerprint density at radius 2 is 2.20 bits per heavy atom.